The van der Waals surface area contributed by atoms with E-state index in [0.29, 0.717) is 18.9 Å². The number of amides is 1. The summed E-state index contributed by atoms with van der Waals surface area (Å²) >= 11 is 3.43. The van der Waals surface area contributed by atoms with Gasteiger partial charge in [-0.25, -0.2) is 5.01 Å². The molecule has 0 aromatic heterocycles. The molecule has 2 aliphatic rings. The highest BCUT2D eigenvalue weighted by Gasteiger charge is 2.34. The van der Waals surface area contributed by atoms with E-state index in [0.717, 1.165) is 15.7 Å². The minimum absolute atomic E-state index is 0.131. The summed E-state index contributed by atoms with van der Waals surface area (Å²) in [6, 6.07) is 8.00. The monoisotopic (exact) mass is 292 g/mol. The third kappa shape index (κ3) is 2.41. The first kappa shape index (κ1) is 11.0. The number of carbonyl (C=O) groups excluding carboxylic acids is 1. The smallest absolute Gasteiger partial charge is 0.248 e. The number of rotatable bonds is 3. The van der Waals surface area contributed by atoms with Crippen LogP contribution in [0.25, 0.3) is 0 Å². The summed E-state index contributed by atoms with van der Waals surface area (Å²) in [4.78, 5) is 11.8. The molecule has 0 radical (unpaired) electrons. The Morgan fingerprint density at radius 2 is 2.24 bits per heavy atom. The molecule has 1 saturated carbocycles. The fraction of sp³-hybridized carbons (Fsp3) is 0.385. The molecule has 1 aromatic carbocycles. The van der Waals surface area contributed by atoms with Gasteiger partial charge in [0.05, 0.1) is 18.7 Å². The lowest BCUT2D eigenvalue weighted by Crippen LogP contribution is -2.20. The highest BCUT2D eigenvalue weighted by Crippen LogP contribution is 2.34. The van der Waals surface area contributed by atoms with Gasteiger partial charge in [-0.1, -0.05) is 28.1 Å². The lowest BCUT2D eigenvalue weighted by Gasteiger charge is -2.11. The van der Waals surface area contributed by atoms with Crippen LogP contribution in [0.4, 0.5) is 0 Å². The van der Waals surface area contributed by atoms with E-state index in [9.17, 15) is 4.79 Å². The van der Waals surface area contributed by atoms with Crippen LogP contribution in [0.15, 0.2) is 33.8 Å². The van der Waals surface area contributed by atoms with Crippen LogP contribution in [0.2, 0.25) is 0 Å². The zero-order valence-corrected chi connectivity index (χ0v) is 11.0. The normalized spacial score (nSPS) is 19.7. The van der Waals surface area contributed by atoms with Crippen molar-refractivity contribution in [2.75, 3.05) is 0 Å². The highest BCUT2D eigenvalue weighted by atomic mass is 79.9. The first-order chi connectivity index (χ1) is 8.22. The van der Waals surface area contributed by atoms with Crippen LogP contribution in [0.3, 0.4) is 0 Å². The average Bonchev–Trinajstić information content (AvgIpc) is 3.06. The van der Waals surface area contributed by atoms with Gasteiger partial charge in [-0.15, -0.1) is 0 Å². The molecule has 0 spiro atoms. The van der Waals surface area contributed by atoms with Crippen molar-refractivity contribution in [1.82, 2.24) is 5.01 Å². The van der Waals surface area contributed by atoms with Gasteiger partial charge in [0, 0.05) is 4.47 Å². The van der Waals surface area contributed by atoms with Gasteiger partial charge in [0.2, 0.25) is 5.91 Å². The lowest BCUT2D eigenvalue weighted by molar-refractivity contribution is -0.129. The number of hydrogen-bond donors (Lipinski definition) is 0. The summed E-state index contributed by atoms with van der Waals surface area (Å²) in [5.41, 5.74) is 2.19. The molecule has 0 unspecified atom stereocenters. The van der Waals surface area contributed by atoms with Gasteiger partial charge in [0.1, 0.15) is 0 Å². The topological polar surface area (TPSA) is 32.7 Å². The van der Waals surface area contributed by atoms with Crippen molar-refractivity contribution in [3.05, 3.63) is 34.3 Å². The molecule has 3 nitrogen and oxygen atoms in total. The van der Waals surface area contributed by atoms with Crippen LogP contribution in [0.5, 0.6) is 0 Å². The molecule has 1 fully saturated rings. The SMILES string of the molecule is O=C1CC(C2CC2)=NN1Cc1cccc(Br)c1. The predicted octanol–water partition coefficient (Wildman–Crippen LogP) is 2.95. The van der Waals surface area contributed by atoms with Gasteiger partial charge >= 0.3 is 0 Å². The van der Waals surface area contributed by atoms with E-state index in [-0.39, 0.29) is 5.91 Å². The second-order valence-electron chi connectivity index (χ2n) is 4.62. The second kappa shape index (κ2) is 4.26. The number of carbonyl (C=O) groups is 1. The Morgan fingerprint density at radius 1 is 1.41 bits per heavy atom. The highest BCUT2D eigenvalue weighted by molar-refractivity contribution is 9.10. The molecule has 4 heteroatoms. The molecule has 1 heterocycles. The van der Waals surface area contributed by atoms with Gasteiger partial charge in [0.25, 0.3) is 0 Å². The van der Waals surface area contributed by atoms with Crippen LogP contribution in [-0.2, 0) is 11.3 Å². The van der Waals surface area contributed by atoms with Gasteiger partial charge in [-0.05, 0) is 36.5 Å². The van der Waals surface area contributed by atoms with Crippen LogP contribution >= 0.6 is 15.9 Å². The molecule has 1 aromatic rings. The lowest BCUT2D eigenvalue weighted by atomic mass is 10.2. The fourth-order valence-corrected chi connectivity index (χ4v) is 2.51. The van der Waals surface area contributed by atoms with E-state index in [1.807, 2.05) is 24.3 Å². The van der Waals surface area contributed by atoms with Gasteiger partial charge < -0.3 is 0 Å². The molecular weight excluding hydrogens is 280 g/mol. The van der Waals surface area contributed by atoms with Crippen molar-refractivity contribution < 1.29 is 4.79 Å². The Morgan fingerprint density at radius 3 is 2.94 bits per heavy atom. The minimum atomic E-state index is 0.131. The van der Waals surface area contributed by atoms with Crippen LogP contribution in [0, 0.1) is 5.92 Å². The zero-order chi connectivity index (χ0) is 11.8. The average molecular weight is 293 g/mol. The number of benzene rings is 1. The quantitative estimate of drug-likeness (QED) is 0.843. The van der Waals surface area contributed by atoms with E-state index in [1.165, 1.54) is 12.8 Å². The van der Waals surface area contributed by atoms with Gasteiger partial charge in [-0.2, -0.15) is 5.10 Å². The van der Waals surface area contributed by atoms with Crippen molar-refractivity contribution in [2.45, 2.75) is 25.8 Å². The first-order valence-corrected chi connectivity index (χ1v) is 6.64. The molecule has 1 amide bonds. The van der Waals surface area contributed by atoms with Crippen LogP contribution in [-0.4, -0.2) is 16.6 Å². The van der Waals surface area contributed by atoms with E-state index in [4.69, 9.17) is 0 Å². The number of hydrazone groups is 1. The van der Waals surface area contributed by atoms with Crippen LogP contribution in [0.1, 0.15) is 24.8 Å². The van der Waals surface area contributed by atoms with E-state index < -0.39 is 0 Å². The molecule has 3 rings (SSSR count). The Kier molecular flexibility index (Phi) is 2.74. The third-order valence-corrected chi connectivity index (χ3v) is 3.63. The largest absolute Gasteiger partial charge is 0.273 e. The maximum absolute atomic E-state index is 11.8. The maximum atomic E-state index is 11.8. The maximum Gasteiger partial charge on any atom is 0.248 e. The number of hydrogen-bond acceptors (Lipinski definition) is 2. The molecule has 17 heavy (non-hydrogen) atoms. The first-order valence-electron chi connectivity index (χ1n) is 5.84. The van der Waals surface area contributed by atoms with Gasteiger partial charge in [-0.3, -0.25) is 4.79 Å². The summed E-state index contributed by atoms with van der Waals surface area (Å²) in [6.07, 6.45) is 2.94. The molecule has 88 valence electrons. The van der Waals surface area contributed by atoms with Crippen molar-refractivity contribution >= 4 is 27.5 Å². The summed E-state index contributed by atoms with van der Waals surface area (Å²) in [5, 5.41) is 6.05. The second-order valence-corrected chi connectivity index (χ2v) is 5.54. The van der Waals surface area contributed by atoms with Crippen molar-refractivity contribution in [2.24, 2.45) is 11.0 Å². The molecule has 0 bridgehead atoms. The summed E-state index contributed by atoms with van der Waals surface area (Å²) in [7, 11) is 0. The Bertz CT molecular complexity index is 494. The fourth-order valence-electron chi connectivity index (χ4n) is 2.07. The Balaban J connectivity index is 1.74. The Hall–Kier alpha value is -1.16. The van der Waals surface area contributed by atoms with E-state index >= 15 is 0 Å². The van der Waals surface area contributed by atoms with E-state index in [1.54, 1.807) is 5.01 Å². The van der Waals surface area contributed by atoms with E-state index in [2.05, 4.69) is 21.0 Å². The predicted molar refractivity (Wildman–Crippen MR) is 69.5 cm³/mol. The third-order valence-electron chi connectivity index (χ3n) is 3.14. The molecule has 0 atom stereocenters. The summed E-state index contributed by atoms with van der Waals surface area (Å²) in [6.45, 7) is 0.578. The summed E-state index contributed by atoms with van der Waals surface area (Å²) in [5.74, 6) is 0.721. The minimum Gasteiger partial charge on any atom is -0.273 e. The summed E-state index contributed by atoms with van der Waals surface area (Å²) < 4.78 is 1.04. The molecule has 1 aliphatic heterocycles. The zero-order valence-electron chi connectivity index (χ0n) is 9.40. The van der Waals surface area contributed by atoms with Gasteiger partial charge in [0.15, 0.2) is 0 Å². The van der Waals surface area contributed by atoms with Crippen LogP contribution < -0.4 is 0 Å². The standard InChI is InChI=1S/C13H13BrN2O/c14-11-3-1-2-9(6-11)8-16-13(17)7-12(15-16)10-4-5-10/h1-3,6,10H,4-5,7-8H2. The van der Waals surface area contributed by atoms with Crippen molar-refractivity contribution in [1.29, 1.82) is 0 Å². The Labute approximate surface area is 109 Å². The molecule has 1 aliphatic carbocycles. The number of halogens is 1. The molecular formula is C13H13BrN2O. The van der Waals surface area contributed by atoms with Crippen molar-refractivity contribution in [3.63, 3.8) is 0 Å². The molecule has 0 N–H and O–H groups in total. The number of nitrogens with zero attached hydrogens (tertiary/aromatic N) is 2. The van der Waals surface area contributed by atoms with Crippen molar-refractivity contribution in [3.8, 4) is 0 Å². The molecule has 0 saturated heterocycles.